The number of carbonyl (C=O) groups excluding carboxylic acids is 1. The van der Waals surface area contributed by atoms with Crippen molar-refractivity contribution in [2.24, 2.45) is 5.73 Å². The van der Waals surface area contributed by atoms with Gasteiger partial charge in [-0.2, -0.15) is 0 Å². The van der Waals surface area contributed by atoms with E-state index in [0.29, 0.717) is 19.3 Å². The predicted molar refractivity (Wildman–Crippen MR) is 48.4 cm³/mol. The number of hydrogen-bond acceptors (Lipinski definition) is 4. The molecular formula is C8H16N2O3. The lowest BCUT2D eigenvalue weighted by Crippen LogP contribution is -2.28. The second-order valence-corrected chi connectivity index (χ2v) is 3.07. The highest BCUT2D eigenvalue weighted by Crippen LogP contribution is 1.94. The van der Waals surface area contributed by atoms with E-state index in [4.69, 9.17) is 10.8 Å². The minimum absolute atomic E-state index is 0.0241. The zero-order chi connectivity index (χ0) is 10.3. The van der Waals surface area contributed by atoms with Crippen LogP contribution in [-0.4, -0.2) is 48.4 Å². The van der Waals surface area contributed by atoms with E-state index < -0.39 is 12.0 Å². The number of carboxylic acid groups (broad SMARTS) is 1. The van der Waals surface area contributed by atoms with E-state index in [2.05, 4.69) is 0 Å². The van der Waals surface area contributed by atoms with Crippen molar-refractivity contribution in [3.63, 3.8) is 0 Å². The molecule has 3 N–H and O–H groups in total. The van der Waals surface area contributed by atoms with Crippen LogP contribution in [0.5, 0.6) is 0 Å². The Balaban J connectivity index is 3.41. The molecule has 0 spiro atoms. The lowest BCUT2D eigenvalue weighted by Gasteiger charge is -2.13. The largest absolute Gasteiger partial charge is 0.480 e. The first-order valence-corrected chi connectivity index (χ1v) is 4.17. The molecule has 13 heavy (non-hydrogen) atoms. The average Bonchev–Trinajstić information content (AvgIpc) is 2.02. The highest BCUT2D eigenvalue weighted by Gasteiger charge is 2.05. The maximum absolute atomic E-state index is 10.2. The summed E-state index contributed by atoms with van der Waals surface area (Å²) < 4.78 is 0. The van der Waals surface area contributed by atoms with Crippen LogP contribution in [0.4, 0.5) is 0 Å². The summed E-state index contributed by atoms with van der Waals surface area (Å²) in [6.45, 7) is 0.671. The Labute approximate surface area is 77.5 Å². The molecule has 0 amide bonds. The van der Waals surface area contributed by atoms with Crippen molar-refractivity contribution in [1.82, 2.24) is 4.90 Å². The maximum atomic E-state index is 10.2. The molecule has 0 saturated carbocycles. The van der Waals surface area contributed by atoms with Gasteiger partial charge in [0.25, 0.3) is 0 Å². The van der Waals surface area contributed by atoms with Gasteiger partial charge in [-0.1, -0.05) is 0 Å². The summed E-state index contributed by atoms with van der Waals surface area (Å²) in [5.41, 5.74) is 5.36. The molecule has 76 valence electrons. The van der Waals surface area contributed by atoms with E-state index in [-0.39, 0.29) is 6.54 Å². The smallest absolute Gasteiger partial charge is 0.317 e. The Bertz CT molecular complexity index is 173. The number of aliphatic carboxylic acids is 1. The molecule has 1 atom stereocenters. The van der Waals surface area contributed by atoms with E-state index in [0.717, 1.165) is 6.42 Å². The van der Waals surface area contributed by atoms with Crippen molar-refractivity contribution in [2.75, 3.05) is 20.1 Å². The molecule has 0 aromatic heterocycles. The number of carbonyl (C=O) groups is 2. The van der Waals surface area contributed by atoms with Crippen LogP contribution in [-0.2, 0) is 9.59 Å². The zero-order valence-corrected chi connectivity index (χ0v) is 7.77. The second kappa shape index (κ2) is 6.56. The maximum Gasteiger partial charge on any atom is 0.317 e. The van der Waals surface area contributed by atoms with Crippen LogP contribution in [0.2, 0.25) is 0 Å². The molecule has 0 aliphatic carbocycles. The molecule has 0 heterocycles. The van der Waals surface area contributed by atoms with E-state index >= 15 is 0 Å². The second-order valence-electron chi connectivity index (χ2n) is 3.07. The topological polar surface area (TPSA) is 83.6 Å². The summed E-state index contributed by atoms with van der Waals surface area (Å²) in [5.74, 6) is -0.845. The Hall–Kier alpha value is -0.940. The SMILES string of the molecule is CN(CCCC(N)C=O)CC(=O)O. The fourth-order valence-corrected chi connectivity index (χ4v) is 0.975. The minimum atomic E-state index is -0.845. The van der Waals surface area contributed by atoms with Gasteiger partial charge in [0, 0.05) is 0 Å². The molecular weight excluding hydrogens is 172 g/mol. The van der Waals surface area contributed by atoms with Crippen LogP contribution >= 0.6 is 0 Å². The molecule has 0 bridgehead atoms. The van der Waals surface area contributed by atoms with Gasteiger partial charge in [0.1, 0.15) is 6.29 Å². The summed E-state index contributed by atoms with van der Waals surface area (Å²) in [6, 6.07) is -0.418. The van der Waals surface area contributed by atoms with Crippen molar-refractivity contribution < 1.29 is 14.7 Å². The van der Waals surface area contributed by atoms with Crippen molar-refractivity contribution in [3.05, 3.63) is 0 Å². The third kappa shape index (κ3) is 7.42. The van der Waals surface area contributed by atoms with Crippen LogP contribution in [0.1, 0.15) is 12.8 Å². The van der Waals surface area contributed by atoms with E-state index in [9.17, 15) is 9.59 Å². The monoisotopic (exact) mass is 188 g/mol. The molecule has 5 heteroatoms. The number of nitrogens with two attached hydrogens (primary N) is 1. The molecule has 0 aliphatic rings. The van der Waals surface area contributed by atoms with Crippen LogP contribution in [0.25, 0.3) is 0 Å². The fourth-order valence-electron chi connectivity index (χ4n) is 0.975. The number of aldehydes is 1. The van der Waals surface area contributed by atoms with Crippen LogP contribution in [0, 0.1) is 0 Å². The molecule has 5 nitrogen and oxygen atoms in total. The van der Waals surface area contributed by atoms with Gasteiger partial charge in [-0.05, 0) is 26.4 Å². The standard InChI is InChI=1S/C8H16N2O3/c1-10(5-8(12)13)4-2-3-7(9)6-11/h6-7H,2-5,9H2,1H3,(H,12,13). The van der Waals surface area contributed by atoms with Crippen molar-refractivity contribution in [3.8, 4) is 0 Å². The van der Waals surface area contributed by atoms with Crippen molar-refractivity contribution >= 4 is 12.3 Å². The van der Waals surface area contributed by atoms with Gasteiger partial charge in [0.2, 0.25) is 0 Å². The number of likely N-dealkylation sites (N-methyl/N-ethyl adjacent to an activating group) is 1. The molecule has 0 aromatic carbocycles. The number of carboxylic acids is 1. The molecule has 0 radical (unpaired) electrons. The molecule has 0 fully saturated rings. The molecule has 0 rings (SSSR count). The van der Waals surface area contributed by atoms with E-state index in [1.165, 1.54) is 0 Å². The predicted octanol–water partition coefficient (Wildman–Crippen LogP) is -0.691. The third-order valence-corrected chi connectivity index (χ3v) is 1.66. The lowest BCUT2D eigenvalue weighted by molar-refractivity contribution is -0.138. The summed E-state index contributed by atoms with van der Waals surface area (Å²) >= 11 is 0. The van der Waals surface area contributed by atoms with Gasteiger partial charge in [0.15, 0.2) is 0 Å². The van der Waals surface area contributed by atoms with Crippen LogP contribution in [0.15, 0.2) is 0 Å². The molecule has 1 unspecified atom stereocenters. The fraction of sp³-hybridized carbons (Fsp3) is 0.750. The summed E-state index contributed by atoms with van der Waals surface area (Å²) in [6.07, 6.45) is 2.05. The highest BCUT2D eigenvalue weighted by atomic mass is 16.4. The Morgan fingerprint density at radius 1 is 1.69 bits per heavy atom. The molecule has 0 saturated heterocycles. The quantitative estimate of drug-likeness (QED) is 0.517. The Kier molecular flexibility index (Phi) is 6.09. The van der Waals surface area contributed by atoms with Gasteiger partial charge < -0.3 is 15.6 Å². The van der Waals surface area contributed by atoms with Gasteiger partial charge in [-0.15, -0.1) is 0 Å². The summed E-state index contributed by atoms with van der Waals surface area (Å²) in [7, 11) is 1.72. The van der Waals surface area contributed by atoms with Gasteiger partial charge in [-0.3, -0.25) is 9.69 Å². The molecule has 0 aromatic rings. The van der Waals surface area contributed by atoms with Crippen LogP contribution in [0.3, 0.4) is 0 Å². The summed E-state index contributed by atoms with van der Waals surface area (Å²) in [5, 5.41) is 8.42. The first-order chi connectivity index (χ1) is 6.06. The summed E-state index contributed by atoms with van der Waals surface area (Å²) in [4.78, 5) is 22.0. The van der Waals surface area contributed by atoms with Gasteiger partial charge in [-0.25, -0.2) is 0 Å². The first kappa shape index (κ1) is 12.1. The van der Waals surface area contributed by atoms with Crippen molar-refractivity contribution in [2.45, 2.75) is 18.9 Å². The minimum Gasteiger partial charge on any atom is -0.480 e. The Morgan fingerprint density at radius 3 is 2.77 bits per heavy atom. The zero-order valence-electron chi connectivity index (χ0n) is 7.77. The van der Waals surface area contributed by atoms with Gasteiger partial charge in [0.05, 0.1) is 12.6 Å². The van der Waals surface area contributed by atoms with E-state index in [1.54, 1.807) is 11.9 Å². The normalized spacial score (nSPS) is 12.8. The third-order valence-electron chi connectivity index (χ3n) is 1.66. The van der Waals surface area contributed by atoms with Crippen LogP contribution < -0.4 is 5.73 Å². The van der Waals surface area contributed by atoms with Crippen molar-refractivity contribution in [1.29, 1.82) is 0 Å². The number of nitrogens with zero attached hydrogens (tertiary/aromatic N) is 1. The molecule has 0 aliphatic heterocycles. The number of hydrogen-bond donors (Lipinski definition) is 2. The highest BCUT2D eigenvalue weighted by molar-refractivity contribution is 5.68. The number of rotatable bonds is 7. The average molecular weight is 188 g/mol. The first-order valence-electron chi connectivity index (χ1n) is 4.17. The van der Waals surface area contributed by atoms with E-state index in [1.807, 2.05) is 0 Å². The van der Waals surface area contributed by atoms with Gasteiger partial charge >= 0.3 is 5.97 Å². The Morgan fingerprint density at radius 2 is 2.31 bits per heavy atom. The lowest BCUT2D eigenvalue weighted by atomic mass is 10.2.